The molecule has 1 amide bonds. The second-order valence-electron chi connectivity index (χ2n) is 5.72. The fraction of sp³-hybridized carbons (Fsp3) is 0.312. The van der Waals surface area contributed by atoms with Crippen LogP contribution >= 0.6 is 0 Å². The Hall–Kier alpha value is -2.81. The van der Waals surface area contributed by atoms with Gasteiger partial charge in [-0.05, 0) is 25.1 Å². The Balaban J connectivity index is 1.75. The normalized spacial score (nSPS) is 20.2. The average molecular weight is 351 g/mol. The maximum Gasteiger partial charge on any atom is 0.309 e. The van der Waals surface area contributed by atoms with E-state index in [1.807, 2.05) is 0 Å². The lowest BCUT2D eigenvalue weighted by molar-refractivity contribution is -0.143. The van der Waals surface area contributed by atoms with E-state index in [0.29, 0.717) is 19.0 Å². The van der Waals surface area contributed by atoms with Crippen LogP contribution in [0.25, 0.3) is 11.3 Å². The van der Waals surface area contributed by atoms with Crippen LogP contribution in [0, 0.1) is 17.6 Å². The van der Waals surface area contributed by atoms with E-state index in [1.54, 1.807) is 0 Å². The molecular weight excluding hydrogens is 336 g/mol. The van der Waals surface area contributed by atoms with Gasteiger partial charge in [0.25, 0.3) is 5.91 Å². The Morgan fingerprint density at radius 2 is 2.12 bits per heavy atom. The molecule has 7 nitrogen and oxygen atoms in total. The van der Waals surface area contributed by atoms with E-state index in [4.69, 9.17) is 4.52 Å². The highest BCUT2D eigenvalue weighted by Crippen LogP contribution is 2.24. The lowest BCUT2D eigenvalue weighted by Gasteiger charge is -2.29. The number of carboxylic acid groups (broad SMARTS) is 1. The molecule has 3 rings (SSSR count). The minimum atomic E-state index is -1.01. The lowest BCUT2D eigenvalue weighted by atomic mass is 9.93. The van der Waals surface area contributed by atoms with Crippen LogP contribution in [0.3, 0.4) is 0 Å². The lowest BCUT2D eigenvalue weighted by Crippen LogP contribution is -2.52. The summed E-state index contributed by atoms with van der Waals surface area (Å²) in [6.07, 6.45) is 0.458. The zero-order chi connectivity index (χ0) is 18.0. The van der Waals surface area contributed by atoms with Crippen molar-refractivity contribution in [3.63, 3.8) is 0 Å². The van der Waals surface area contributed by atoms with Crippen LogP contribution in [0.2, 0.25) is 0 Å². The van der Waals surface area contributed by atoms with Crippen LogP contribution in [0.15, 0.2) is 28.8 Å². The van der Waals surface area contributed by atoms with E-state index in [-0.39, 0.29) is 23.6 Å². The molecule has 2 aromatic rings. The van der Waals surface area contributed by atoms with Gasteiger partial charge in [0.15, 0.2) is 11.5 Å². The van der Waals surface area contributed by atoms with Crippen LogP contribution in [-0.4, -0.2) is 41.3 Å². The topological polar surface area (TPSA) is 104 Å². The maximum absolute atomic E-state index is 13.8. The van der Waals surface area contributed by atoms with Crippen molar-refractivity contribution in [2.45, 2.75) is 12.5 Å². The van der Waals surface area contributed by atoms with Gasteiger partial charge in [-0.3, -0.25) is 9.59 Å². The predicted molar refractivity (Wildman–Crippen MR) is 81.7 cm³/mol. The van der Waals surface area contributed by atoms with E-state index >= 15 is 0 Å². The number of carbonyl (C=O) groups excluding carboxylic acids is 1. The molecule has 1 aromatic carbocycles. The number of carboxylic acids is 1. The summed E-state index contributed by atoms with van der Waals surface area (Å²) in [5.74, 6) is -3.97. The van der Waals surface area contributed by atoms with Crippen molar-refractivity contribution in [3.05, 3.63) is 41.6 Å². The van der Waals surface area contributed by atoms with Crippen LogP contribution in [-0.2, 0) is 4.79 Å². The number of piperidine rings is 1. The first-order valence-corrected chi connectivity index (χ1v) is 7.62. The first-order chi connectivity index (χ1) is 12.0. The molecule has 0 bridgehead atoms. The molecule has 3 N–H and O–H groups in total. The highest BCUT2D eigenvalue weighted by Gasteiger charge is 2.32. The number of amides is 1. The number of carbonyl (C=O) groups is 2. The van der Waals surface area contributed by atoms with Gasteiger partial charge in [-0.2, -0.15) is 0 Å². The van der Waals surface area contributed by atoms with Gasteiger partial charge in [-0.25, -0.2) is 8.78 Å². The number of halogens is 2. The molecule has 1 fully saturated rings. The smallest absolute Gasteiger partial charge is 0.309 e. The second-order valence-corrected chi connectivity index (χ2v) is 5.72. The van der Waals surface area contributed by atoms with Crippen LogP contribution in [0.5, 0.6) is 0 Å². The van der Waals surface area contributed by atoms with E-state index in [1.165, 1.54) is 12.1 Å². The second kappa shape index (κ2) is 6.98. The van der Waals surface area contributed by atoms with Crippen molar-refractivity contribution in [1.29, 1.82) is 0 Å². The summed E-state index contributed by atoms with van der Waals surface area (Å²) in [5, 5.41) is 18.4. The molecular formula is C16H15F2N3O4. The van der Waals surface area contributed by atoms with Gasteiger partial charge in [0.1, 0.15) is 11.6 Å². The Kier molecular flexibility index (Phi) is 4.75. The molecule has 2 atom stereocenters. The Morgan fingerprint density at radius 3 is 2.84 bits per heavy atom. The molecule has 1 aliphatic rings. The van der Waals surface area contributed by atoms with Crippen molar-refractivity contribution in [1.82, 2.24) is 15.8 Å². The third kappa shape index (κ3) is 3.66. The number of nitrogens with zero attached hydrogens (tertiary/aromatic N) is 1. The first-order valence-electron chi connectivity index (χ1n) is 7.62. The minimum Gasteiger partial charge on any atom is -0.481 e. The third-order valence-corrected chi connectivity index (χ3v) is 4.06. The summed E-state index contributed by atoms with van der Waals surface area (Å²) >= 11 is 0. The SMILES string of the molecule is O=C(N[C@H]1CCNC[C@H]1C(=O)O)c1cc(-c2ccc(F)cc2F)on1. The molecule has 0 radical (unpaired) electrons. The van der Waals surface area contributed by atoms with Gasteiger partial charge in [0.2, 0.25) is 0 Å². The van der Waals surface area contributed by atoms with Crippen molar-refractivity contribution in [2.24, 2.45) is 5.92 Å². The number of hydrogen-bond acceptors (Lipinski definition) is 5. The maximum atomic E-state index is 13.8. The zero-order valence-electron chi connectivity index (χ0n) is 13.0. The van der Waals surface area contributed by atoms with E-state index < -0.39 is 35.5 Å². The van der Waals surface area contributed by atoms with Crippen LogP contribution in [0.4, 0.5) is 8.78 Å². The number of aromatic nitrogens is 1. The molecule has 1 saturated heterocycles. The number of hydrogen-bond donors (Lipinski definition) is 3. The predicted octanol–water partition coefficient (Wildman–Crippen LogP) is 1.41. The van der Waals surface area contributed by atoms with Gasteiger partial charge in [-0.15, -0.1) is 0 Å². The molecule has 25 heavy (non-hydrogen) atoms. The summed E-state index contributed by atoms with van der Waals surface area (Å²) in [6, 6.07) is 3.62. The number of nitrogens with one attached hydrogen (secondary N) is 2. The standard InChI is InChI=1S/C16H15F2N3O4/c17-8-1-2-9(11(18)5-8)14-6-13(21-25-14)15(22)20-12-3-4-19-7-10(12)16(23)24/h1-2,5-6,10,12,19H,3-4,7H2,(H,20,22)(H,23,24)/t10-,12+/m1/s1. The van der Waals surface area contributed by atoms with Gasteiger partial charge in [0.05, 0.1) is 11.5 Å². The van der Waals surface area contributed by atoms with E-state index in [2.05, 4.69) is 15.8 Å². The molecule has 9 heteroatoms. The summed E-state index contributed by atoms with van der Waals surface area (Å²) in [7, 11) is 0. The Morgan fingerprint density at radius 1 is 1.32 bits per heavy atom. The van der Waals surface area contributed by atoms with Crippen molar-refractivity contribution in [3.8, 4) is 11.3 Å². The summed E-state index contributed by atoms with van der Waals surface area (Å²) in [4.78, 5) is 23.5. The van der Waals surface area contributed by atoms with Crippen molar-refractivity contribution < 1.29 is 28.0 Å². The first kappa shape index (κ1) is 17.0. The van der Waals surface area contributed by atoms with Crippen LogP contribution < -0.4 is 10.6 Å². The monoisotopic (exact) mass is 351 g/mol. The fourth-order valence-electron chi connectivity index (χ4n) is 2.73. The minimum absolute atomic E-state index is 0.0252. The Labute approximate surface area is 141 Å². The zero-order valence-corrected chi connectivity index (χ0v) is 13.0. The number of benzene rings is 1. The Bertz CT molecular complexity index is 808. The average Bonchev–Trinajstić information content (AvgIpc) is 3.05. The van der Waals surface area contributed by atoms with Crippen molar-refractivity contribution >= 4 is 11.9 Å². The van der Waals surface area contributed by atoms with E-state index in [9.17, 15) is 23.5 Å². The quantitative estimate of drug-likeness (QED) is 0.769. The fourth-order valence-corrected chi connectivity index (χ4v) is 2.73. The number of aliphatic carboxylic acids is 1. The summed E-state index contributed by atoms with van der Waals surface area (Å²) in [6.45, 7) is 0.838. The molecule has 0 spiro atoms. The van der Waals surface area contributed by atoms with Gasteiger partial charge in [0, 0.05) is 24.7 Å². The molecule has 2 heterocycles. The summed E-state index contributed by atoms with van der Waals surface area (Å²) in [5.41, 5.74) is -0.139. The molecule has 0 unspecified atom stereocenters. The molecule has 0 aliphatic carbocycles. The van der Waals surface area contributed by atoms with Gasteiger partial charge in [-0.1, -0.05) is 5.16 Å². The molecule has 132 valence electrons. The van der Waals surface area contributed by atoms with Gasteiger partial charge < -0.3 is 20.3 Å². The largest absolute Gasteiger partial charge is 0.481 e. The van der Waals surface area contributed by atoms with Crippen LogP contribution in [0.1, 0.15) is 16.9 Å². The van der Waals surface area contributed by atoms with Crippen molar-refractivity contribution in [2.75, 3.05) is 13.1 Å². The molecule has 0 saturated carbocycles. The molecule has 1 aromatic heterocycles. The highest BCUT2D eigenvalue weighted by molar-refractivity contribution is 5.93. The highest BCUT2D eigenvalue weighted by atomic mass is 19.1. The van der Waals surface area contributed by atoms with Gasteiger partial charge >= 0.3 is 5.97 Å². The third-order valence-electron chi connectivity index (χ3n) is 4.06. The molecule has 1 aliphatic heterocycles. The van der Waals surface area contributed by atoms with E-state index in [0.717, 1.165) is 6.07 Å². The summed E-state index contributed by atoms with van der Waals surface area (Å²) < 4.78 is 31.7. The number of rotatable bonds is 4.